The van der Waals surface area contributed by atoms with Crippen molar-refractivity contribution in [2.75, 3.05) is 34.4 Å². The molecule has 0 atom stereocenters. The fraction of sp³-hybridized carbons (Fsp3) is 0.348. The van der Waals surface area contributed by atoms with Crippen LogP contribution in [0.3, 0.4) is 0 Å². The molecule has 0 bridgehead atoms. The van der Waals surface area contributed by atoms with Gasteiger partial charge in [0.1, 0.15) is 28.5 Å². The number of aryl methyl sites for hydroxylation is 1. The molecule has 0 saturated heterocycles. The van der Waals surface area contributed by atoms with E-state index in [4.69, 9.17) is 13.9 Å². The lowest BCUT2D eigenvalue weighted by Crippen LogP contribution is -3.00. The van der Waals surface area contributed by atoms with Gasteiger partial charge in [-0.25, -0.2) is 4.79 Å². The summed E-state index contributed by atoms with van der Waals surface area (Å²) in [7, 11) is 6.09. The SMILES string of the molecule is Cc1c(C)c2ccc(OCCCOc3cc(O)cc([N+](C)(C)C)c3)cc2oc1=O.[I-]. The van der Waals surface area contributed by atoms with E-state index in [1.165, 1.54) is 0 Å². The topological polar surface area (TPSA) is 68.9 Å². The number of nitrogens with zero attached hydrogens (tertiary/aromatic N) is 1. The van der Waals surface area contributed by atoms with Crippen molar-refractivity contribution in [2.45, 2.75) is 20.3 Å². The summed E-state index contributed by atoms with van der Waals surface area (Å²) in [6.45, 7) is 4.60. The maximum absolute atomic E-state index is 11.9. The number of ether oxygens (including phenoxy) is 2. The maximum Gasteiger partial charge on any atom is 0.339 e. The minimum absolute atomic E-state index is 0. The summed E-state index contributed by atoms with van der Waals surface area (Å²) < 4.78 is 17.5. The van der Waals surface area contributed by atoms with Gasteiger partial charge in [0.25, 0.3) is 0 Å². The summed E-state index contributed by atoms with van der Waals surface area (Å²) in [5.41, 5.74) is 2.72. The average molecular weight is 525 g/mol. The Morgan fingerprint density at radius 2 is 1.60 bits per heavy atom. The molecule has 1 heterocycles. The van der Waals surface area contributed by atoms with Crippen LogP contribution in [0, 0.1) is 13.8 Å². The van der Waals surface area contributed by atoms with Crippen LogP contribution < -0.4 is 43.6 Å². The molecule has 0 aliphatic heterocycles. The molecule has 0 saturated carbocycles. The van der Waals surface area contributed by atoms with Crippen LogP contribution in [-0.2, 0) is 0 Å². The number of quaternary nitrogens is 1. The van der Waals surface area contributed by atoms with Gasteiger partial charge in [-0.15, -0.1) is 0 Å². The highest BCUT2D eigenvalue weighted by molar-refractivity contribution is 5.82. The maximum atomic E-state index is 11.9. The third-order valence-corrected chi connectivity index (χ3v) is 4.91. The Balaban J connectivity index is 0.00000320. The van der Waals surface area contributed by atoms with Gasteiger partial charge in [0.05, 0.1) is 34.4 Å². The van der Waals surface area contributed by atoms with Gasteiger partial charge < -0.3 is 43.0 Å². The summed E-state index contributed by atoms with van der Waals surface area (Å²) in [5.74, 6) is 1.46. The van der Waals surface area contributed by atoms with Gasteiger partial charge in [-0.1, -0.05) is 0 Å². The zero-order valence-corrected chi connectivity index (χ0v) is 20.1. The molecule has 6 nitrogen and oxygen atoms in total. The van der Waals surface area contributed by atoms with Gasteiger partial charge in [-0.05, 0) is 31.5 Å². The molecule has 2 aromatic carbocycles. The van der Waals surface area contributed by atoms with Crippen molar-refractivity contribution in [3.8, 4) is 17.2 Å². The molecule has 0 amide bonds. The fourth-order valence-corrected chi connectivity index (χ4v) is 3.00. The van der Waals surface area contributed by atoms with Gasteiger partial charge in [0, 0.05) is 41.6 Å². The first-order chi connectivity index (χ1) is 13.6. The van der Waals surface area contributed by atoms with Crippen molar-refractivity contribution < 1.29 is 43.0 Å². The lowest BCUT2D eigenvalue weighted by Gasteiger charge is -2.24. The first-order valence-electron chi connectivity index (χ1n) is 9.61. The number of fused-ring (bicyclic) bond motifs is 1. The normalized spacial score (nSPS) is 11.2. The van der Waals surface area contributed by atoms with Crippen molar-refractivity contribution >= 4 is 16.7 Å². The molecule has 1 aromatic heterocycles. The van der Waals surface area contributed by atoms with Crippen molar-refractivity contribution in [1.82, 2.24) is 4.48 Å². The van der Waals surface area contributed by atoms with Crippen molar-refractivity contribution in [1.29, 1.82) is 0 Å². The number of phenols is 1. The molecular formula is C23H28INO5. The monoisotopic (exact) mass is 525 g/mol. The quantitative estimate of drug-likeness (QED) is 0.217. The van der Waals surface area contributed by atoms with Crippen LogP contribution >= 0.6 is 0 Å². The summed E-state index contributed by atoms with van der Waals surface area (Å²) in [4.78, 5) is 11.9. The molecule has 0 aliphatic rings. The van der Waals surface area contributed by atoms with Crippen LogP contribution in [-0.4, -0.2) is 39.5 Å². The third kappa shape index (κ3) is 5.66. The average Bonchev–Trinajstić information content (AvgIpc) is 2.64. The number of benzene rings is 2. The van der Waals surface area contributed by atoms with Gasteiger partial charge in [-0.3, -0.25) is 4.48 Å². The number of hydrogen-bond donors (Lipinski definition) is 1. The van der Waals surface area contributed by atoms with E-state index in [1.54, 1.807) is 25.1 Å². The predicted molar refractivity (Wildman–Crippen MR) is 115 cm³/mol. The van der Waals surface area contributed by atoms with Crippen LogP contribution in [0.15, 0.2) is 45.6 Å². The largest absolute Gasteiger partial charge is 1.00 e. The van der Waals surface area contributed by atoms with Crippen LogP contribution in [0.4, 0.5) is 5.69 Å². The summed E-state index contributed by atoms with van der Waals surface area (Å²) in [6, 6.07) is 10.8. The molecule has 0 radical (unpaired) electrons. The number of hydrogen-bond acceptors (Lipinski definition) is 5. The van der Waals surface area contributed by atoms with E-state index in [2.05, 4.69) is 0 Å². The standard InChI is InChI=1S/C23H27NO5.HI/c1-15-16(2)23(26)29-22-14-19(7-8-21(15)22)27-9-6-10-28-20-12-17(24(3,4)5)11-18(25)13-20;/h7-8,11-14H,6,9-10H2,1-5H3;1H. The molecule has 30 heavy (non-hydrogen) atoms. The van der Waals surface area contributed by atoms with Crippen molar-refractivity contribution in [3.05, 3.63) is 57.9 Å². The zero-order chi connectivity index (χ0) is 21.2. The first kappa shape index (κ1) is 24.0. The van der Waals surface area contributed by atoms with Crippen molar-refractivity contribution in [2.24, 2.45) is 0 Å². The highest BCUT2D eigenvalue weighted by Gasteiger charge is 2.15. The van der Waals surface area contributed by atoms with E-state index >= 15 is 0 Å². The second-order valence-corrected chi connectivity index (χ2v) is 8.05. The Labute approximate surface area is 193 Å². The van der Waals surface area contributed by atoms with Crippen molar-refractivity contribution in [3.63, 3.8) is 0 Å². The highest BCUT2D eigenvalue weighted by Crippen LogP contribution is 2.29. The predicted octanol–water partition coefficient (Wildman–Crippen LogP) is 1.16. The molecular weight excluding hydrogens is 497 g/mol. The lowest BCUT2D eigenvalue weighted by molar-refractivity contribution is -0.00000908. The Hall–Kier alpha value is -2.26. The van der Waals surface area contributed by atoms with Crippen LogP contribution in [0.5, 0.6) is 17.2 Å². The highest BCUT2D eigenvalue weighted by atomic mass is 127. The van der Waals surface area contributed by atoms with E-state index in [1.807, 2.05) is 46.3 Å². The smallest absolute Gasteiger partial charge is 0.339 e. The Bertz CT molecular complexity index is 1090. The third-order valence-electron chi connectivity index (χ3n) is 4.91. The van der Waals surface area contributed by atoms with Crippen LogP contribution in [0.25, 0.3) is 11.0 Å². The van der Waals surface area contributed by atoms with E-state index in [-0.39, 0.29) is 35.4 Å². The minimum Gasteiger partial charge on any atom is -1.00 e. The zero-order valence-electron chi connectivity index (χ0n) is 18.0. The summed E-state index contributed by atoms with van der Waals surface area (Å²) in [5, 5.41) is 10.8. The summed E-state index contributed by atoms with van der Waals surface area (Å²) in [6.07, 6.45) is 0.671. The van der Waals surface area contributed by atoms with Gasteiger partial charge >= 0.3 is 5.63 Å². The molecule has 0 unspecified atom stereocenters. The number of halogens is 1. The van der Waals surface area contributed by atoms with E-state index in [0.29, 0.717) is 46.8 Å². The molecule has 0 spiro atoms. The fourth-order valence-electron chi connectivity index (χ4n) is 3.00. The first-order valence-corrected chi connectivity index (χ1v) is 9.61. The molecule has 162 valence electrons. The molecule has 3 rings (SSSR count). The van der Waals surface area contributed by atoms with Crippen LogP contribution in [0.1, 0.15) is 17.5 Å². The van der Waals surface area contributed by atoms with E-state index < -0.39 is 0 Å². The second kappa shape index (κ2) is 9.70. The number of aromatic hydroxyl groups is 1. The molecule has 3 aromatic rings. The van der Waals surface area contributed by atoms with Gasteiger partial charge in [0.15, 0.2) is 0 Å². The lowest BCUT2D eigenvalue weighted by atomic mass is 10.1. The Kier molecular flexibility index (Phi) is 7.76. The molecule has 0 aliphatic carbocycles. The van der Waals surface area contributed by atoms with E-state index in [0.717, 1.165) is 16.6 Å². The molecule has 7 heteroatoms. The number of rotatable bonds is 7. The number of phenolic OH excluding ortho intramolecular Hbond substituents is 1. The Morgan fingerprint density at radius 3 is 2.27 bits per heavy atom. The Morgan fingerprint density at radius 1 is 0.933 bits per heavy atom. The molecule has 0 fully saturated rings. The van der Waals surface area contributed by atoms with E-state index in [9.17, 15) is 9.90 Å². The van der Waals surface area contributed by atoms with Crippen LogP contribution in [0.2, 0.25) is 0 Å². The minimum atomic E-state index is -0.320. The van der Waals surface area contributed by atoms with Gasteiger partial charge in [-0.2, -0.15) is 0 Å². The second-order valence-electron chi connectivity index (χ2n) is 8.05. The van der Waals surface area contributed by atoms with Gasteiger partial charge in [0.2, 0.25) is 0 Å². The summed E-state index contributed by atoms with van der Waals surface area (Å²) >= 11 is 0. The molecule has 1 N–H and O–H groups in total.